The van der Waals surface area contributed by atoms with E-state index in [2.05, 4.69) is 5.32 Å². The fraction of sp³-hybridized carbons (Fsp3) is 0.417. The summed E-state index contributed by atoms with van der Waals surface area (Å²) in [7, 11) is 0. The molecule has 0 aliphatic carbocycles. The number of carboxylic acids is 1. The first-order valence-electron chi connectivity index (χ1n) is 5.22. The van der Waals surface area contributed by atoms with Gasteiger partial charge in [0.1, 0.15) is 6.04 Å². The molecule has 1 rings (SSSR count). The van der Waals surface area contributed by atoms with E-state index in [4.69, 9.17) is 16.7 Å². The third-order valence-corrected chi connectivity index (χ3v) is 2.63. The number of benzene rings is 1. The van der Waals surface area contributed by atoms with Crippen LogP contribution in [0.2, 0.25) is 5.02 Å². The normalized spacial score (nSPS) is 13.4. The third-order valence-electron chi connectivity index (χ3n) is 2.38. The maximum atomic E-state index is 11.2. The van der Waals surface area contributed by atoms with E-state index >= 15 is 0 Å². The van der Waals surface area contributed by atoms with Crippen molar-refractivity contribution in [2.24, 2.45) is 0 Å². The molecule has 4 nitrogen and oxygen atoms in total. The van der Waals surface area contributed by atoms with E-state index in [1.54, 1.807) is 38.1 Å². The number of halogens is 1. The smallest absolute Gasteiger partial charge is 0.325 e. The van der Waals surface area contributed by atoms with Crippen molar-refractivity contribution in [3.05, 3.63) is 34.9 Å². The second kappa shape index (κ2) is 5.49. The summed E-state index contributed by atoms with van der Waals surface area (Å²) >= 11 is 5.75. The third kappa shape index (κ3) is 4.00. The maximum absolute atomic E-state index is 11.2. The number of nitrogens with one attached hydrogen (secondary N) is 1. The molecule has 0 fully saturated rings. The molecule has 0 saturated heterocycles. The minimum absolute atomic E-state index is 0.148. The molecule has 3 N–H and O–H groups in total. The van der Waals surface area contributed by atoms with E-state index in [1.807, 2.05) is 0 Å². The van der Waals surface area contributed by atoms with Crippen LogP contribution in [0.3, 0.4) is 0 Å². The highest BCUT2D eigenvalue weighted by Crippen LogP contribution is 2.19. The van der Waals surface area contributed by atoms with E-state index in [0.29, 0.717) is 10.6 Å². The fourth-order valence-electron chi connectivity index (χ4n) is 1.38. The Morgan fingerprint density at radius 1 is 1.41 bits per heavy atom. The highest BCUT2D eigenvalue weighted by molar-refractivity contribution is 6.30. The quantitative estimate of drug-likeness (QED) is 0.753. The Kier molecular flexibility index (Phi) is 4.51. The molecule has 1 unspecified atom stereocenters. The lowest BCUT2D eigenvalue weighted by molar-refractivity contribution is -0.140. The van der Waals surface area contributed by atoms with Crippen LogP contribution < -0.4 is 5.32 Å². The van der Waals surface area contributed by atoms with E-state index in [-0.39, 0.29) is 6.61 Å². The molecule has 5 heteroatoms. The van der Waals surface area contributed by atoms with Gasteiger partial charge in [0, 0.05) is 10.6 Å². The van der Waals surface area contributed by atoms with Crippen LogP contribution in [-0.4, -0.2) is 28.3 Å². The molecule has 0 bridgehead atoms. The largest absolute Gasteiger partial charge is 0.480 e. The molecule has 0 saturated carbocycles. The molecule has 1 aromatic rings. The summed E-state index contributed by atoms with van der Waals surface area (Å²) in [6.07, 6.45) is 0. The lowest BCUT2D eigenvalue weighted by atomic mass is 10.0. The van der Waals surface area contributed by atoms with E-state index < -0.39 is 17.6 Å². The summed E-state index contributed by atoms with van der Waals surface area (Å²) < 4.78 is 0. The van der Waals surface area contributed by atoms with Crippen LogP contribution >= 0.6 is 11.6 Å². The molecule has 0 radical (unpaired) electrons. The number of aliphatic hydroxyl groups excluding tert-OH is 1. The summed E-state index contributed by atoms with van der Waals surface area (Å²) in [5.41, 5.74) is -0.0636. The van der Waals surface area contributed by atoms with Crippen LogP contribution in [0, 0.1) is 0 Å². The lowest BCUT2D eigenvalue weighted by Gasteiger charge is -2.28. The van der Waals surface area contributed by atoms with Crippen LogP contribution in [0.15, 0.2) is 24.3 Å². The first-order valence-corrected chi connectivity index (χ1v) is 5.60. The summed E-state index contributed by atoms with van der Waals surface area (Å²) in [5, 5.41) is 21.8. The Morgan fingerprint density at radius 2 is 1.94 bits per heavy atom. The molecular formula is C12H16ClNO3. The molecule has 1 atom stereocenters. The van der Waals surface area contributed by atoms with E-state index in [1.165, 1.54) is 0 Å². The molecule has 0 amide bonds. The van der Waals surface area contributed by atoms with Gasteiger partial charge in [-0.15, -0.1) is 0 Å². The topological polar surface area (TPSA) is 69.6 Å². The number of rotatable bonds is 5. The number of aliphatic carboxylic acids is 1. The second-order valence-electron chi connectivity index (χ2n) is 4.51. The van der Waals surface area contributed by atoms with Gasteiger partial charge in [-0.25, -0.2) is 0 Å². The van der Waals surface area contributed by atoms with Crippen molar-refractivity contribution >= 4 is 17.6 Å². The van der Waals surface area contributed by atoms with Crippen molar-refractivity contribution in [1.82, 2.24) is 5.32 Å². The second-order valence-corrected chi connectivity index (χ2v) is 4.95. The zero-order chi connectivity index (χ0) is 13.1. The number of aliphatic hydroxyl groups is 1. The van der Waals surface area contributed by atoms with Crippen LogP contribution in [0.25, 0.3) is 0 Å². The van der Waals surface area contributed by atoms with Crippen LogP contribution in [0.1, 0.15) is 25.5 Å². The number of carbonyl (C=O) groups is 1. The first kappa shape index (κ1) is 14.0. The van der Waals surface area contributed by atoms with Crippen molar-refractivity contribution in [3.63, 3.8) is 0 Å². The Bertz CT molecular complexity index is 389. The molecule has 0 heterocycles. The van der Waals surface area contributed by atoms with Gasteiger partial charge in [0.25, 0.3) is 0 Å². The van der Waals surface area contributed by atoms with Crippen LogP contribution in [-0.2, 0) is 4.79 Å². The zero-order valence-electron chi connectivity index (χ0n) is 9.77. The van der Waals surface area contributed by atoms with Gasteiger partial charge in [0.05, 0.1) is 6.61 Å². The average Bonchev–Trinajstić information content (AvgIpc) is 2.27. The molecule has 0 aliphatic heterocycles. The first-order chi connectivity index (χ1) is 7.85. The minimum atomic E-state index is -0.992. The summed E-state index contributed by atoms with van der Waals surface area (Å²) in [4.78, 5) is 11.2. The highest BCUT2D eigenvalue weighted by Gasteiger charge is 2.27. The number of hydrogen-bond donors (Lipinski definition) is 3. The molecular weight excluding hydrogens is 242 g/mol. The Labute approximate surface area is 105 Å². The van der Waals surface area contributed by atoms with Crippen molar-refractivity contribution in [3.8, 4) is 0 Å². The lowest BCUT2D eigenvalue weighted by Crippen LogP contribution is -2.47. The average molecular weight is 258 g/mol. The van der Waals surface area contributed by atoms with Gasteiger partial charge < -0.3 is 10.2 Å². The molecule has 0 aliphatic rings. The monoisotopic (exact) mass is 257 g/mol. The van der Waals surface area contributed by atoms with Crippen LogP contribution in [0.5, 0.6) is 0 Å². The van der Waals surface area contributed by atoms with Crippen molar-refractivity contribution in [2.75, 3.05) is 6.61 Å². The van der Waals surface area contributed by atoms with Crippen molar-refractivity contribution in [1.29, 1.82) is 0 Å². The van der Waals surface area contributed by atoms with Crippen molar-refractivity contribution in [2.45, 2.75) is 25.4 Å². The zero-order valence-corrected chi connectivity index (χ0v) is 10.5. The predicted molar refractivity (Wildman–Crippen MR) is 66.1 cm³/mol. The van der Waals surface area contributed by atoms with Gasteiger partial charge >= 0.3 is 5.97 Å². The summed E-state index contributed by atoms with van der Waals surface area (Å²) in [6.45, 7) is 3.32. The number of hydrogen-bond acceptors (Lipinski definition) is 3. The van der Waals surface area contributed by atoms with Gasteiger partial charge in [-0.1, -0.05) is 23.7 Å². The van der Waals surface area contributed by atoms with Crippen LogP contribution in [0.4, 0.5) is 0 Å². The summed E-state index contributed by atoms with van der Waals surface area (Å²) in [6, 6.07) is 5.72. The molecule has 0 aromatic heterocycles. The van der Waals surface area contributed by atoms with Gasteiger partial charge in [0.15, 0.2) is 0 Å². The standard InChI is InChI=1S/C12H16ClNO3/c1-12(2,7-15)14-10(11(16)17)8-3-5-9(13)6-4-8/h3-6,10,14-15H,7H2,1-2H3,(H,16,17). The maximum Gasteiger partial charge on any atom is 0.325 e. The summed E-state index contributed by atoms with van der Waals surface area (Å²) in [5.74, 6) is -0.992. The van der Waals surface area contributed by atoms with Gasteiger partial charge in [-0.2, -0.15) is 0 Å². The predicted octanol–water partition coefficient (Wildman–Crippen LogP) is 1.83. The van der Waals surface area contributed by atoms with Crippen molar-refractivity contribution < 1.29 is 15.0 Å². The molecule has 17 heavy (non-hydrogen) atoms. The Morgan fingerprint density at radius 3 is 2.35 bits per heavy atom. The SMILES string of the molecule is CC(C)(CO)NC(C(=O)O)c1ccc(Cl)cc1. The molecule has 94 valence electrons. The Hall–Kier alpha value is -1.10. The molecule has 1 aromatic carbocycles. The fourth-order valence-corrected chi connectivity index (χ4v) is 1.51. The van der Waals surface area contributed by atoms with Gasteiger partial charge in [0.2, 0.25) is 0 Å². The number of carboxylic acid groups (broad SMARTS) is 1. The molecule has 0 spiro atoms. The van der Waals surface area contributed by atoms with E-state index in [9.17, 15) is 9.90 Å². The highest BCUT2D eigenvalue weighted by atomic mass is 35.5. The Balaban J connectivity index is 2.94. The van der Waals surface area contributed by atoms with Gasteiger partial charge in [-0.05, 0) is 31.5 Å². The van der Waals surface area contributed by atoms with E-state index in [0.717, 1.165) is 0 Å². The minimum Gasteiger partial charge on any atom is -0.480 e. The van der Waals surface area contributed by atoms with Gasteiger partial charge in [-0.3, -0.25) is 10.1 Å².